The van der Waals surface area contributed by atoms with Crippen molar-refractivity contribution in [2.24, 2.45) is 10.9 Å². The van der Waals surface area contributed by atoms with E-state index >= 15 is 0 Å². The van der Waals surface area contributed by atoms with Crippen molar-refractivity contribution in [3.05, 3.63) is 65.5 Å². The van der Waals surface area contributed by atoms with Crippen LogP contribution in [-0.2, 0) is 11.2 Å². The Kier molecular flexibility index (Phi) is 7.20. The van der Waals surface area contributed by atoms with Crippen molar-refractivity contribution in [2.75, 3.05) is 26.7 Å². The Bertz CT molecular complexity index is 962. The lowest BCUT2D eigenvalue weighted by atomic mass is 9.89. The molecule has 0 saturated carbocycles. The quantitative estimate of drug-likeness (QED) is 0.306. The van der Waals surface area contributed by atoms with E-state index in [1.54, 1.807) is 0 Å². The van der Waals surface area contributed by atoms with Gasteiger partial charge in [0, 0.05) is 39.1 Å². The maximum absolute atomic E-state index is 6.14. The van der Waals surface area contributed by atoms with E-state index in [2.05, 4.69) is 62.8 Å². The SMILES string of the molecule is CN=C(NCCCc1nc2ccccc2[nH]1)NCC1CCCOC1c1ccc(C)cc1. The van der Waals surface area contributed by atoms with E-state index in [4.69, 9.17) is 4.74 Å². The highest BCUT2D eigenvalue weighted by molar-refractivity contribution is 5.79. The van der Waals surface area contributed by atoms with Gasteiger partial charge in [-0.05, 0) is 43.9 Å². The Morgan fingerprint density at radius 1 is 1.16 bits per heavy atom. The Hall–Kier alpha value is -2.86. The van der Waals surface area contributed by atoms with Crippen LogP contribution in [-0.4, -0.2) is 42.7 Å². The largest absolute Gasteiger partial charge is 0.373 e. The second-order valence-corrected chi connectivity index (χ2v) is 8.29. The summed E-state index contributed by atoms with van der Waals surface area (Å²) in [4.78, 5) is 12.4. The number of guanidine groups is 1. The third kappa shape index (κ3) is 5.64. The third-order valence-corrected chi connectivity index (χ3v) is 5.93. The summed E-state index contributed by atoms with van der Waals surface area (Å²) in [6.45, 7) is 4.65. The van der Waals surface area contributed by atoms with E-state index in [9.17, 15) is 0 Å². The lowest BCUT2D eigenvalue weighted by Gasteiger charge is -2.32. The summed E-state index contributed by atoms with van der Waals surface area (Å²) >= 11 is 0. The minimum absolute atomic E-state index is 0.146. The number of nitrogens with zero attached hydrogens (tertiary/aromatic N) is 2. The number of H-pyrrole nitrogens is 1. The fourth-order valence-corrected chi connectivity index (χ4v) is 4.21. The van der Waals surface area contributed by atoms with Gasteiger partial charge < -0.3 is 20.4 Å². The number of hydrogen-bond acceptors (Lipinski definition) is 3. The van der Waals surface area contributed by atoms with Crippen LogP contribution in [0.5, 0.6) is 0 Å². The maximum Gasteiger partial charge on any atom is 0.190 e. The molecular formula is C25H33N5O. The average Bonchev–Trinajstić information content (AvgIpc) is 3.22. The number of para-hydroxylation sites is 2. The molecule has 164 valence electrons. The Balaban J connectivity index is 1.24. The number of aliphatic imine (C=N–C) groups is 1. The van der Waals surface area contributed by atoms with Crippen molar-refractivity contribution < 1.29 is 4.74 Å². The van der Waals surface area contributed by atoms with Crippen LogP contribution >= 0.6 is 0 Å². The number of aromatic nitrogens is 2. The molecule has 1 aliphatic heterocycles. The molecule has 3 N–H and O–H groups in total. The number of aryl methyl sites for hydroxylation is 2. The number of nitrogens with one attached hydrogen (secondary N) is 3. The molecule has 3 aromatic rings. The van der Waals surface area contributed by atoms with Gasteiger partial charge in [-0.1, -0.05) is 42.0 Å². The summed E-state index contributed by atoms with van der Waals surface area (Å²) in [6, 6.07) is 16.9. The molecular weight excluding hydrogens is 386 g/mol. The summed E-state index contributed by atoms with van der Waals surface area (Å²) in [5.74, 6) is 2.31. The van der Waals surface area contributed by atoms with E-state index in [0.717, 1.165) is 68.2 Å². The molecule has 4 rings (SSSR count). The highest BCUT2D eigenvalue weighted by atomic mass is 16.5. The van der Waals surface area contributed by atoms with Gasteiger partial charge in [0.25, 0.3) is 0 Å². The van der Waals surface area contributed by atoms with E-state index < -0.39 is 0 Å². The predicted molar refractivity (Wildman–Crippen MR) is 126 cm³/mol. The molecule has 2 unspecified atom stereocenters. The average molecular weight is 420 g/mol. The zero-order valence-corrected chi connectivity index (χ0v) is 18.5. The van der Waals surface area contributed by atoms with Gasteiger partial charge in [0.05, 0.1) is 17.1 Å². The molecule has 0 bridgehead atoms. The lowest BCUT2D eigenvalue weighted by Crippen LogP contribution is -2.42. The van der Waals surface area contributed by atoms with E-state index in [1.807, 2.05) is 25.2 Å². The van der Waals surface area contributed by atoms with Gasteiger partial charge in [-0.2, -0.15) is 0 Å². The molecule has 2 aromatic carbocycles. The molecule has 2 atom stereocenters. The van der Waals surface area contributed by atoms with Crippen molar-refractivity contribution in [3.8, 4) is 0 Å². The molecule has 0 amide bonds. The number of imidazole rings is 1. The van der Waals surface area contributed by atoms with Crippen molar-refractivity contribution in [1.29, 1.82) is 0 Å². The molecule has 1 aromatic heterocycles. The predicted octanol–water partition coefficient (Wildman–Crippen LogP) is 4.14. The van der Waals surface area contributed by atoms with Crippen LogP contribution in [0.4, 0.5) is 0 Å². The summed E-state index contributed by atoms with van der Waals surface area (Å²) < 4.78 is 6.14. The smallest absolute Gasteiger partial charge is 0.190 e. The van der Waals surface area contributed by atoms with E-state index in [0.29, 0.717) is 5.92 Å². The Morgan fingerprint density at radius 2 is 2.00 bits per heavy atom. The zero-order valence-electron chi connectivity index (χ0n) is 18.5. The molecule has 31 heavy (non-hydrogen) atoms. The van der Waals surface area contributed by atoms with Gasteiger partial charge >= 0.3 is 0 Å². The van der Waals surface area contributed by atoms with Crippen LogP contribution in [0.1, 0.15) is 42.3 Å². The molecule has 1 saturated heterocycles. The maximum atomic E-state index is 6.14. The number of benzene rings is 2. The number of hydrogen-bond donors (Lipinski definition) is 3. The zero-order chi connectivity index (χ0) is 21.5. The molecule has 1 aliphatic rings. The van der Waals surface area contributed by atoms with Crippen molar-refractivity contribution in [3.63, 3.8) is 0 Å². The number of aromatic amines is 1. The first-order valence-corrected chi connectivity index (χ1v) is 11.3. The van der Waals surface area contributed by atoms with E-state index in [-0.39, 0.29) is 6.10 Å². The van der Waals surface area contributed by atoms with Gasteiger partial charge in [-0.15, -0.1) is 0 Å². The lowest BCUT2D eigenvalue weighted by molar-refractivity contribution is -0.0265. The fourth-order valence-electron chi connectivity index (χ4n) is 4.21. The van der Waals surface area contributed by atoms with Crippen LogP contribution in [0, 0.1) is 12.8 Å². The highest BCUT2D eigenvalue weighted by Gasteiger charge is 2.27. The van der Waals surface area contributed by atoms with Gasteiger partial charge in [0.15, 0.2) is 5.96 Å². The number of fused-ring (bicyclic) bond motifs is 1. The minimum atomic E-state index is 0.146. The van der Waals surface area contributed by atoms with Crippen LogP contribution in [0.2, 0.25) is 0 Å². The highest BCUT2D eigenvalue weighted by Crippen LogP contribution is 2.33. The first kappa shape index (κ1) is 21.4. The number of ether oxygens (including phenoxy) is 1. The second kappa shape index (κ2) is 10.4. The second-order valence-electron chi connectivity index (χ2n) is 8.29. The van der Waals surface area contributed by atoms with Crippen LogP contribution in [0.15, 0.2) is 53.5 Å². The Labute approximate surface area is 184 Å². The van der Waals surface area contributed by atoms with Gasteiger partial charge in [0.1, 0.15) is 5.82 Å². The summed E-state index contributed by atoms with van der Waals surface area (Å²) in [5.41, 5.74) is 4.67. The monoisotopic (exact) mass is 419 g/mol. The van der Waals surface area contributed by atoms with Gasteiger partial charge in [-0.25, -0.2) is 4.98 Å². The fraction of sp³-hybridized carbons (Fsp3) is 0.440. The van der Waals surface area contributed by atoms with Gasteiger partial charge in [-0.3, -0.25) is 4.99 Å². The molecule has 0 aliphatic carbocycles. The Morgan fingerprint density at radius 3 is 2.81 bits per heavy atom. The topological polar surface area (TPSA) is 74.3 Å². The van der Waals surface area contributed by atoms with Crippen LogP contribution < -0.4 is 10.6 Å². The third-order valence-electron chi connectivity index (χ3n) is 5.93. The van der Waals surface area contributed by atoms with Crippen molar-refractivity contribution >= 4 is 17.0 Å². The summed E-state index contributed by atoms with van der Waals surface area (Å²) in [6.07, 6.45) is 4.31. The molecule has 0 radical (unpaired) electrons. The molecule has 1 fully saturated rings. The van der Waals surface area contributed by atoms with E-state index in [1.165, 1.54) is 11.1 Å². The summed E-state index contributed by atoms with van der Waals surface area (Å²) in [7, 11) is 1.82. The van der Waals surface area contributed by atoms with Crippen molar-refractivity contribution in [1.82, 2.24) is 20.6 Å². The minimum Gasteiger partial charge on any atom is -0.373 e. The first-order chi connectivity index (χ1) is 15.2. The van der Waals surface area contributed by atoms with Crippen LogP contribution in [0.3, 0.4) is 0 Å². The molecule has 0 spiro atoms. The molecule has 6 heteroatoms. The number of rotatable bonds is 7. The summed E-state index contributed by atoms with van der Waals surface area (Å²) in [5, 5.41) is 6.94. The first-order valence-electron chi connectivity index (χ1n) is 11.3. The normalized spacial score (nSPS) is 19.5. The standard InChI is InChI=1S/C25H33N5O/c1-18-11-13-19(14-12-18)24-20(7-6-16-31-24)17-28-25(26-2)27-15-5-10-23-29-21-8-3-4-9-22(21)30-23/h3-4,8-9,11-14,20,24H,5-7,10,15-17H2,1-2H3,(H,29,30)(H2,26,27,28). The molecule has 6 nitrogen and oxygen atoms in total. The van der Waals surface area contributed by atoms with Crippen LogP contribution in [0.25, 0.3) is 11.0 Å². The molecule has 2 heterocycles. The van der Waals surface area contributed by atoms with Gasteiger partial charge in [0.2, 0.25) is 0 Å². The van der Waals surface area contributed by atoms with Crippen molar-refractivity contribution in [2.45, 2.75) is 38.7 Å².